The zero-order valence-electron chi connectivity index (χ0n) is 16.8. The van der Waals surface area contributed by atoms with Crippen LogP contribution in [0.1, 0.15) is 29.8 Å². The Labute approximate surface area is 179 Å². The molecule has 6 nitrogen and oxygen atoms in total. The number of nitrogens with zero attached hydrogens (tertiary/aromatic N) is 2. The third kappa shape index (κ3) is 5.29. The number of piperazine rings is 1. The highest BCUT2D eigenvalue weighted by atomic mass is 35.5. The molecule has 160 valence electrons. The van der Waals surface area contributed by atoms with Gasteiger partial charge in [-0.3, -0.25) is 9.69 Å². The van der Waals surface area contributed by atoms with E-state index in [2.05, 4.69) is 4.90 Å². The van der Waals surface area contributed by atoms with E-state index in [4.69, 9.17) is 16.3 Å². The zero-order valence-corrected chi connectivity index (χ0v) is 17.6. The van der Waals surface area contributed by atoms with E-state index in [0.717, 1.165) is 5.56 Å². The van der Waals surface area contributed by atoms with Gasteiger partial charge in [-0.1, -0.05) is 23.7 Å². The maximum Gasteiger partial charge on any atom is 0.339 e. The summed E-state index contributed by atoms with van der Waals surface area (Å²) < 4.78 is 18.6. The van der Waals surface area contributed by atoms with Gasteiger partial charge in [0.05, 0.1) is 0 Å². The summed E-state index contributed by atoms with van der Waals surface area (Å²) in [6.07, 6.45) is 0. The zero-order chi connectivity index (χ0) is 21.8. The molecule has 2 aromatic carbocycles. The molecule has 3 rings (SSSR count). The molecule has 0 radical (unpaired) electrons. The number of rotatable bonds is 6. The predicted octanol–water partition coefficient (Wildman–Crippen LogP) is 3.68. The van der Waals surface area contributed by atoms with E-state index in [-0.39, 0.29) is 46.8 Å². The van der Waals surface area contributed by atoms with Gasteiger partial charge in [-0.2, -0.15) is 0 Å². The molecular weight excluding hydrogens is 411 g/mol. The average Bonchev–Trinajstić information content (AvgIpc) is 2.70. The Morgan fingerprint density at radius 1 is 1.13 bits per heavy atom. The molecule has 1 saturated heterocycles. The molecule has 0 spiro atoms. The Balaban J connectivity index is 1.60. The third-order valence-electron chi connectivity index (χ3n) is 5.26. The molecule has 0 unspecified atom stereocenters. The van der Waals surface area contributed by atoms with Crippen molar-refractivity contribution in [3.05, 3.63) is 64.4 Å². The number of aromatic carboxylic acids is 1. The van der Waals surface area contributed by atoms with Crippen molar-refractivity contribution in [1.82, 2.24) is 9.80 Å². The number of carbonyl (C=O) groups excluding carboxylic acids is 1. The van der Waals surface area contributed by atoms with Gasteiger partial charge in [-0.25, -0.2) is 9.18 Å². The van der Waals surface area contributed by atoms with Gasteiger partial charge in [0.25, 0.3) is 5.91 Å². The Bertz CT molecular complexity index is 922. The lowest BCUT2D eigenvalue weighted by molar-refractivity contribution is -0.139. The topological polar surface area (TPSA) is 70.1 Å². The Morgan fingerprint density at radius 2 is 1.83 bits per heavy atom. The number of hydrogen-bond donors (Lipinski definition) is 1. The van der Waals surface area contributed by atoms with Crippen LogP contribution in [0.15, 0.2) is 42.5 Å². The first-order valence-electron chi connectivity index (χ1n) is 9.68. The number of ether oxygens (including phenoxy) is 1. The summed E-state index contributed by atoms with van der Waals surface area (Å²) in [5.41, 5.74) is 0.934. The lowest BCUT2D eigenvalue weighted by atomic mass is 10.1. The number of hydrogen-bond acceptors (Lipinski definition) is 4. The highest BCUT2D eigenvalue weighted by Gasteiger charge is 2.32. The van der Waals surface area contributed by atoms with E-state index >= 15 is 0 Å². The minimum atomic E-state index is -1.17. The van der Waals surface area contributed by atoms with E-state index in [1.807, 2.05) is 13.8 Å². The second-order valence-electron chi connectivity index (χ2n) is 7.53. The van der Waals surface area contributed by atoms with Crippen molar-refractivity contribution in [2.24, 2.45) is 0 Å². The monoisotopic (exact) mass is 434 g/mol. The first-order valence-corrected chi connectivity index (χ1v) is 10.1. The fourth-order valence-electron chi connectivity index (χ4n) is 3.61. The molecule has 1 N–H and O–H groups in total. The fourth-order valence-corrected chi connectivity index (χ4v) is 3.78. The van der Waals surface area contributed by atoms with Crippen molar-refractivity contribution in [2.75, 3.05) is 19.7 Å². The summed E-state index contributed by atoms with van der Waals surface area (Å²) in [5, 5.41) is 9.57. The van der Waals surface area contributed by atoms with E-state index < -0.39 is 5.97 Å². The normalized spacial score (nSPS) is 19.5. The smallest absolute Gasteiger partial charge is 0.339 e. The molecule has 1 aliphatic heterocycles. The number of carboxylic acids is 1. The quantitative estimate of drug-likeness (QED) is 0.751. The molecule has 0 aliphatic carbocycles. The van der Waals surface area contributed by atoms with Crippen LogP contribution in [0.25, 0.3) is 0 Å². The van der Waals surface area contributed by atoms with Crippen LogP contribution in [-0.2, 0) is 11.3 Å². The lowest BCUT2D eigenvalue weighted by Gasteiger charge is -2.44. The fraction of sp³-hybridized carbons (Fsp3) is 0.364. The largest absolute Gasteiger partial charge is 0.483 e. The van der Waals surface area contributed by atoms with Crippen LogP contribution >= 0.6 is 11.6 Å². The second kappa shape index (κ2) is 9.45. The summed E-state index contributed by atoms with van der Waals surface area (Å²) in [7, 11) is 0. The summed E-state index contributed by atoms with van der Waals surface area (Å²) in [6.45, 7) is 5.63. The standard InChI is InChI=1S/C22H24ClFN2O4/c1-14-11-26(15(2)10-25(14)12-16-3-6-18(24)7-4-16)21(27)13-30-20-8-5-17(23)9-19(20)22(28)29/h3-9,14-15H,10-13H2,1-2H3,(H,28,29)/t14-,15+/m0/s1. The first-order chi connectivity index (χ1) is 14.2. The van der Waals surface area contributed by atoms with Gasteiger partial charge in [0.1, 0.15) is 17.1 Å². The molecule has 1 fully saturated rings. The van der Waals surface area contributed by atoms with Gasteiger partial charge < -0.3 is 14.7 Å². The summed E-state index contributed by atoms with van der Waals surface area (Å²) >= 11 is 5.84. The molecule has 1 aliphatic rings. The van der Waals surface area contributed by atoms with Crippen LogP contribution in [-0.4, -0.2) is 58.6 Å². The van der Waals surface area contributed by atoms with Crippen LogP contribution in [0.2, 0.25) is 5.02 Å². The van der Waals surface area contributed by atoms with Crippen LogP contribution in [0.5, 0.6) is 5.75 Å². The second-order valence-corrected chi connectivity index (χ2v) is 7.97. The summed E-state index contributed by atoms with van der Waals surface area (Å²) in [6, 6.07) is 10.8. The van der Waals surface area contributed by atoms with Gasteiger partial charge in [0.15, 0.2) is 6.61 Å². The summed E-state index contributed by atoms with van der Waals surface area (Å²) in [5.74, 6) is -1.53. The maximum absolute atomic E-state index is 13.1. The van der Waals surface area contributed by atoms with E-state index in [0.29, 0.717) is 19.6 Å². The molecule has 1 heterocycles. The highest BCUT2D eigenvalue weighted by molar-refractivity contribution is 6.31. The number of carbonyl (C=O) groups is 2. The van der Waals surface area contributed by atoms with E-state index in [1.54, 1.807) is 17.0 Å². The van der Waals surface area contributed by atoms with Gasteiger partial charge >= 0.3 is 5.97 Å². The molecule has 2 atom stereocenters. The van der Waals surface area contributed by atoms with E-state index in [1.165, 1.54) is 30.3 Å². The molecule has 30 heavy (non-hydrogen) atoms. The minimum absolute atomic E-state index is 0.0399. The minimum Gasteiger partial charge on any atom is -0.483 e. The van der Waals surface area contributed by atoms with Crippen LogP contribution in [0, 0.1) is 5.82 Å². The maximum atomic E-state index is 13.1. The highest BCUT2D eigenvalue weighted by Crippen LogP contribution is 2.24. The SMILES string of the molecule is C[C@@H]1CN(Cc2ccc(F)cc2)[C@@H](C)CN1C(=O)COc1ccc(Cl)cc1C(=O)O. The summed E-state index contributed by atoms with van der Waals surface area (Å²) in [4.78, 5) is 28.1. The van der Waals surface area contributed by atoms with Gasteiger partial charge in [-0.05, 0) is 49.7 Å². The Hall–Kier alpha value is -2.64. The van der Waals surface area contributed by atoms with Crippen molar-refractivity contribution >= 4 is 23.5 Å². The van der Waals surface area contributed by atoms with Crippen LogP contribution in [0.3, 0.4) is 0 Å². The van der Waals surface area contributed by atoms with Crippen molar-refractivity contribution in [2.45, 2.75) is 32.5 Å². The van der Waals surface area contributed by atoms with Crippen molar-refractivity contribution < 1.29 is 23.8 Å². The van der Waals surface area contributed by atoms with Crippen molar-refractivity contribution in [3.63, 3.8) is 0 Å². The van der Waals surface area contributed by atoms with Crippen molar-refractivity contribution in [1.29, 1.82) is 0 Å². The predicted molar refractivity (Wildman–Crippen MR) is 111 cm³/mol. The lowest BCUT2D eigenvalue weighted by Crippen LogP contribution is -2.58. The molecular formula is C22H24ClFN2O4. The average molecular weight is 435 g/mol. The molecule has 0 aromatic heterocycles. The van der Waals surface area contributed by atoms with Gasteiger partial charge in [-0.15, -0.1) is 0 Å². The van der Waals surface area contributed by atoms with Crippen LogP contribution < -0.4 is 4.74 Å². The third-order valence-corrected chi connectivity index (χ3v) is 5.49. The molecule has 1 amide bonds. The molecule has 8 heteroatoms. The molecule has 0 bridgehead atoms. The van der Waals surface area contributed by atoms with E-state index in [9.17, 15) is 19.1 Å². The number of halogens is 2. The number of carboxylic acid groups (broad SMARTS) is 1. The van der Waals surface area contributed by atoms with Crippen LogP contribution in [0.4, 0.5) is 4.39 Å². The Morgan fingerprint density at radius 3 is 2.50 bits per heavy atom. The Kier molecular flexibility index (Phi) is 6.95. The molecule has 2 aromatic rings. The molecule has 0 saturated carbocycles. The van der Waals surface area contributed by atoms with Crippen molar-refractivity contribution in [3.8, 4) is 5.75 Å². The van der Waals surface area contributed by atoms with Gasteiger partial charge in [0, 0.05) is 36.7 Å². The number of amides is 1. The number of benzene rings is 2. The first kappa shape index (κ1) is 22.1. The van der Waals surface area contributed by atoms with Gasteiger partial charge in [0.2, 0.25) is 0 Å².